The standard InChI is InChI=1S/C26H34N4O2S/c1-17(2)15-30(26-11-10-25(28-19(26)4)21-12-13-27-14-21)33-23-8-6-22(7-9-23)31-16-24-18(3)29-32-20(24)5/h6-11,17,21,27H,12-16H2,1-5H3. The molecule has 0 amide bonds. The molecule has 1 N–H and O–H groups in total. The molecule has 4 rings (SSSR count). The van der Waals surface area contributed by atoms with Crippen LogP contribution in [0.3, 0.4) is 0 Å². The van der Waals surface area contributed by atoms with Crippen molar-refractivity contribution in [3.8, 4) is 5.75 Å². The molecule has 0 radical (unpaired) electrons. The molecule has 1 atom stereocenters. The monoisotopic (exact) mass is 466 g/mol. The zero-order valence-corrected chi connectivity index (χ0v) is 21.0. The van der Waals surface area contributed by atoms with Crippen molar-refractivity contribution in [2.45, 2.75) is 58.5 Å². The van der Waals surface area contributed by atoms with Gasteiger partial charge in [0.1, 0.15) is 18.1 Å². The van der Waals surface area contributed by atoms with Crippen molar-refractivity contribution in [1.82, 2.24) is 15.5 Å². The van der Waals surface area contributed by atoms with Crippen LogP contribution < -0.4 is 14.4 Å². The van der Waals surface area contributed by atoms with E-state index in [-0.39, 0.29) is 0 Å². The molecule has 1 saturated heterocycles. The molecule has 176 valence electrons. The number of hydrogen-bond acceptors (Lipinski definition) is 7. The molecular weight excluding hydrogens is 432 g/mol. The maximum Gasteiger partial charge on any atom is 0.140 e. The van der Waals surface area contributed by atoms with Gasteiger partial charge in [0.2, 0.25) is 0 Å². The Morgan fingerprint density at radius 3 is 2.52 bits per heavy atom. The fourth-order valence-corrected chi connectivity index (χ4v) is 5.25. The third-order valence-electron chi connectivity index (χ3n) is 5.96. The summed E-state index contributed by atoms with van der Waals surface area (Å²) in [5.41, 5.74) is 5.37. The minimum absolute atomic E-state index is 0.459. The fraction of sp³-hybridized carbons (Fsp3) is 0.462. The number of anilines is 1. The van der Waals surface area contributed by atoms with Gasteiger partial charge in [-0.25, -0.2) is 0 Å². The molecule has 3 heterocycles. The van der Waals surface area contributed by atoms with Gasteiger partial charge in [-0.3, -0.25) is 4.98 Å². The van der Waals surface area contributed by atoms with Crippen LogP contribution in [0.4, 0.5) is 5.69 Å². The number of aryl methyl sites for hydroxylation is 3. The smallest absolute Gasteiger partial charge is 0.140 e. The van der Waals surface area contributed by atoms with E-state index in [1.165, 1.54) is 22.7 Å². The Balaban J connectivity index is 1.45. The number of nitrogens with one attached hydrogen (secondary N) is 1. The van der Waals surface area contributed by atoms with E-state index in [1.807, 2.05) is 26.0 Å². The number of rotatable bonds is 9. The molecule has 0 aliphatic carbocycles. The number of benzene rings is 1. The highest BCUT2D eigenvalue weighted by atomic mass is 32.2. The van der Waals surface area contributed by atoms with Gasteiger partial charge >= 0.3 is 0 Å². The average Bonchev–Trinajstić information content (AvgIpc) is 3.43. The number of aromatic nitrogens is 2. The minimum Gasteiger partial charge on any atom is -0.489 e. The van der Waals surface area contributed by atoms with Crippen LogP contribution in [0.2, 0.25) is 0 Å². The summed E-state index contributed by atoms with van der Waals surface area (Å²) < 4.78 is 13.5. The van der Waals surface area contributed by atoms with E-state index >= 15 is 0 Å². The molecule has 1 aliphatic heterocycles. The molecule has 7 heteroatoms. The van der Waals surface area contributed by atoms with Crippen LogP contribution in [0.25, 0.3) is 0 Å². The highest BCUT2D eigenvalue weighted by Gasteiger charge is 2.20. The van der Waals surface area contributed by atoms with Crippen molar-refractivity contribution < 1.29 is 9.26 Å². The molecule has 2 aromatic heterocycles. The second-order valence-corrected chi connectivity index (χ2v) is 10.2. The predicted octanol–water partition coefficient (Wildman–Crippen LogP) is 5.82. The van der Waals surface area contributed by atoms with Gasteiger partial charge in [-0.15, -0.1) is 0 Å². The first-order valence-electron chi connectivity index (χ1n) is 11.7. The van der Waals surface area contributed by atoms with Crippen molar-refractivity contribution in [2.24, 2.45) is 5.92 Å². The Morgan fingerprint density at radius 1 is 1.12 bits per heavy atom. The topological polar surface area (TPSA) is 63.4 Å². The molecule has 0 saturated carbocycles. The molecule has 1 aromatic carbocycles. The largest absolute Gasteiger partial charge is 0.489 e. The van der Waals surface area contributed by atoms with E-state index in [4.69, 9.17) is 14.2 Å². The van der Waals surface area contributed by atoms with Crippen molar-refractivity contribution in [1.29, 1.82) is 0 Å². The van der Waals surface area contributed by atoms with Crippen molar-refractivity contribution >= 4 is 17.6 Å². The van der Waals surface area contributed by atoms with Crippen LogP contribution in [-0.4, -0.2) is 29.8 Å². The van der Waals surface area contributed by atoms with E-state index in [0.717, 1.165) is 48.1 Å². The first-order chi connectivity index (χ1) is 15.9. The highest BCUT2D eigenvalue weighted by molar-refractivity contribution is 8.00. The predicted molar refractivity (Wildman–Crippen MR) is 134 cm³/mol. The maximum absolute atomic E-state index is 5.96. The van der Waals surface area contributed by atoms with Gasteiger partial charge in [-0.1, -0.05) is 19.0 Å². The Bertz CT molecular complexity index is 1040. The lowest BCUT2D eigenvalue weighted by Crippen LogP contribution is -2.21. The Hall–Kier alpha value is -2.51. The summed E-state index contributed by atoms with van der Waals surface area (Å²) in [6.45, 7) is 14.0. The zero-order valence-electron chi connectivity index (χ0n) is 20.2. The summed E-state index contributed by atoms with van der Waals surface area (Å²) in [6.07, 6.45) is 1.17. The van der Waals surface area contributed by atoms with Crippen molar-refractivity contribution in [3.63, 3.8) is 0 Å². The number of pyridine rings is 1. The van der Waals surface area contributed by atoms with Gasteiger partial charge in [-0.05, 0) is 88.0 Å². The average molecular weight is 467 g/mol. The van der Waals surface area contributed by atoms with Crippen LogP contribution in [0, 0.1) is 26.7 Å². The van der Waals surface area contributed by atoms with E-state index < -0.39 is 0 Å². The lowest BCUT2D eigenvalue weighted by Gasteiger charge is -2.27. The molecule has 0 bridgehead atoms. The van der Waals surface area contributed by atoms with Gasteiger partial charge in [0.25, 0.3) is 0 Å². The van der Waals surface area contributed by atoms with Crippen LogP contribution in [0.5, 0.6) is 5.75 Å². The van der Waals surface area contributed by atoms with Crippen LogP contribution in [0.15, 0.2) is 45.8 Å². The lowest BCUT2D eigenvalue weighted by atomic mass is 10.0. The number of ether oxygens (including phenoxy) is 1. The van der Waals surface area contributed by atoms with Gasteiger partial charge in [-0.2, -0.15) is 0 Å². The van der Waals surface area contributed by atoms with Gasteiger partial charge < -0.3 is 18.9 Å². The van der Waals surface area contributed by atoms with Crippen molar-refractivity contribution in [3.05, 3.63) is 64.8 Å². The van der Waals surface area contributed by atoms with E-state index in [0.29, 0.717) is 18.4 Å². The minimum atomic E-state index is 0.459. The van der Waals surface area contributed by atoms with E-state index in [1.54, 1.807) is 11.9 Å². The first kappa shape index (κ1) is 23.6. The van der Waals surface area contributed by atoms with Crippen molar-refractivity contribution in [2.75, 3.05) is 23.9 Å². The number of hydrogen-bond donors (Lipinski definition) is 1. The molecule has 6 nitrogen and oxygen atoms in total. The molecule has 0 spiro atoms. The van der Waals surface area contributed by atoms with Crippen LogP contribution in [0.1, 0.15) is 54.6 Å². The Labute approximate surface area is 201 Å². The summed E-state index contributed by atoms with van der Waals surface area (Å²) in [6, 6.07) is 12.7. The first-order valence-corrected chi connectivity index (χ1v) is 12.5. The van der Waals surface area contributed by atoms with Crippen LogP contribution >= 0.6 is 11.9 Å². The lowest BCUT2D eigenvalue weighted by molar-refractivity contribution is 0.301. The summed E-state index contributed by atoms with van der Waals surface area (Å²) in [4.78, 5) is 6.14. The third kappa shape index (κ3) is 5.89. The quantitative estimate of drug-likeness (QED) is 0.399. The summed E-state index contributed by atoms with van der Waals surface area (Å²) in [7, 11) is 0. The molecule has 3 aromatic rings. The second-order valence-electron chi connectivity index (χ2n) is 9.14. The second kappa shape index (κ2) is 10.6. The Kier molecular flexibility index (Phi) is 7.60. The molecule has 1 unspecified atom stereocenters. The number of nitrogens with zero attached hydrogens (tertiary/aromatic N) is 3. The van der Waals surface area contributed by atoms with Gasteiger partial charge in [0, 0.05) is 29.6 Å². The summed E-state index contributed by atoms with van der Waals surface area (Å²) in [5, 5.41) is 7.43. The molecule has 1 fully saturated rings. The van der Waals surface area contributed by atoms with E-state index in [9.17, 15) is 0 Å². The fourth-order valence-electron chi connectivity index (χ4n) is 4.08. The van der Waals surface area contributed by atoms with Gasteiger partial charge in [0.05, 0.1) is 22.6 Å². The van der Waals surface area contributed by atoms with Crippen LogP contribution in [-0.2, 0) is 6.61 Å². The normalized spacial score (nSPS) is 15.9. The molecule has 1 aliphatic rings. The third-order valence-corrected chi connectivity index (χ3v) is 7.01. The molecule has 33 heavy (non-hydrogen) atoms. The van der Waals surface area contributed by atoms with Gasteiger partial charge in [0.15, 0.2) is 0 Å². The van der Waals surface area contributed by atoms with E-state index in [2.05, 4.69) is 59.8 Å². The Morgan fingerprint density at radius 2 is 1.91 bits per heavy atom. The summed E-state index contributed by atoms with van der Waals surface area (Å²) >= 11 is 1.75. The zero-order chi connectivity index (χ0) is 23.4. The highest BCUT2D eigenvalue weighted by Crippen LogP contribution is 2.34. The maximum atomic E-state index is 5.96. The summed E-state index contributed by atoms with van der Waals surface area (Å²) in [5.74, 6) is 2.71. The molecular formula is C26H34N4O2S. The SMILES string of the molecule is Cc1nc(C2CCNC2)ccc1N(CC(C)C)Sc1ccc(OCc2c(C)noc2C)cc1.